The van der Waals surface area contributed by atoms with Gasteiger partial charge in [0.2, 0.25) is 12.7 Å². The zero-order chi connectivity index (χ0) is 26.4. The molecule has 38 heavy (non-hydrogen) atoms. The molecule has 0 amide bonds. The first-order chi connectivity index (χ1) is 18.4. The lowest BCUT2D eigenvalue weighted by Gasteiger charge is -2.26. The number of carbonyl (C=O) groups excluding carboxylic acids is 1. The Bertz CT molecular complexity index is 1630. The molecule has 0 saturated carbocycles. The number of furan rings is 1. The van der Waals surface area contributed by atoms with Crippen LogP contribution in [0.15, 0.2) is 54.2 Å². The van der Waals surface area contributed by atoms with E-state index < -0.39 is 12.0 Å². The maximum atomic E-state index is 13.8. The van der Waals surface area contributed by atoms with Crippen molar-refractivity contribution in [2.75, 3.05) is 44.6 Å². The Morgan fingerprint density at radius 2 is 2.03 bits per heavy atom. The van der Waals surface area contributed by atoms with Crippen molar-refractivity contribution in [3.63, 3.8) is 0 Å². The van der Waals surface area contributed by atoms with E-state index in [1.807, 2.05) is 12.1 Å². The largest absolute Gasteiger partial charge is 0.463 e. The van der Waals surface area contributed by atoms with Crippen LogP contribution in [0.2, 0.25) is 0 Å². The average Bonchev–Trinajstić information content (AvgIpc) is 3.61. The first-order valence-corrected chi connectivity index (χ1v) is 13.8. The number of ether oxygens (including phenoxy) is 4. The molecule has 1 aromatic carbocycles. The van der Waals surface area contributed by atoms with Crippen LogP contribution in [0.25, 0.3) is 6.08 Å². The molecule has 1 unspecified atom stereocenters. The van der Waals surface area contributed by atoms with E-state index >= 15 is 0 Å². The number of halogens is 1. The summed E-state index contributed by atoms with van der Waals surface area (Å²) in [7, 11) is 0. The van der Waals surface area contributed by atoms with Crippen molar-refractivity contribution in [2.24, 2.45) is 4.99 Å². The summed E-state index contributed by atoms with van der Waals surface area (Å²) in [5.41, 5.74) is 1.20. The van der Waals surface area contributed by atoms with Gasteiger partial charge in [-0.1, -0.05) is 17.4 Å². The van der Waals surface area contributed by atoms with E-state index in [2.05, 4.69) is 25.8 Å². The van der Waals surface area contributed by atoms with Gasteiger partial charge in [0.15, 0.2) is 16.3 Å². The SMILES string of the molecule is CCOC(=O)C1=C(C)N=c2sc(=Cc3cc(Br)c(N4CCOCC4)o3)c(=O)n2C1c1ccc2c(c1)OCO2. The molecule has 198 valence electrons. The van der Waals surface area contributed by atoms with E-state index in [1.165, 1.54) is 15.9 Å². The number of morpholine rings is 1. The van der Waals surface area contributed by atoms with E-state index in [9.17, 15) is 9.59 Å². The smallest absolute Gasteiger partial charge is 0.338 e. The van der Waals surface area contributed by atoms with Crippen LogP contribution in [0.4, 0.5) is 5.88 Å². The molecule has 0 aliphatic carbocycles. The lowest BCUT2D eigenvalue weighted by Crippen LogP contribution is -2.39. The van der Waals surface area contributed by atoms with Crippen LogP contribution in [-0.2, 0) is 14.3 Å². The number of hydrogen-bond donors (Lipinski definition) is 0. The van der Waals surface area contributed by atoms with Crippen LogP contribution < -0.4 is 29.3 Å². The Morgan fingerprint density at radius 3 is 2.82 bits per heavy atom. The van der Waals surface area contributed by atoms with Gasteiger partial charge in [-0.3, -0.25) is 9.36 Å². The number of rotatable bonds is 5. The number of benzene rings is 1. The third-order valence-corrected chi connectivity index (χ3v) is 8.04. The minimum atomic E-state index is -0.741. The standard InChI is InChI=1S/C26H24BrN3O7S/c1-3-34-25(32)21-14(2)28-26-30(22(21)15-4-5-18-19(10-15)36-13-35-18)23(31)20(38-26)12-16-11-17(27)24(37-16)29-6-8-33-9-7-29/h4-5,10-12,22H,3,6-9,13H2,1-2H3. The Hall–Kier alpha value is -3.35. The third-order valence-electron chi connectivity index (χ3n) is 6.49. The molecule has 1 saturated heterocycles. The summed E-state index contributed by atoms with van der Waals surface area (Å²) >= 11 is 4.82. The maximum absolute atomic E-state index is 13.8. The van der Waals surface area contributed by atoms with Crippen molar-refractivity contribution in [2.45, 2.75) is 19.9 Å². The van der Waals surface area contributed by atoms with Crippen molar-refractivity contribution < 1.29 is 28.2 Å². The summed E-state index contributed by atoms with van der Waals surface area (Å²) in [4.78, 5) is 34.1. The van der Waals surface area contributed by atoms with Crippen molar-refractivity contribution in [3.8, 4) is 11.5 Å². The molecule has 10 nitrogen and oxygen atoms in total. The number of esters is 1. The summed E-state index contributed by atoms with van der Waals surface area (Å²) in [6.07, 6.45) is 1.71. The molecular weight excluding hydrogens is 578 g/mol. The summed E-state index contributed by atoms with van der Waals surface area (Å²) in [5.74, 6) is 1.88. The fourth-order valence-corrected chi connectivity index (χ4v) is 6.33. The van der Waals surface area contributed by atoms with Gasteiger partial charge in [0.05, 0.1) is 46.1 Å². The number of hydrogen-bond acceptors (Lipinski definition) is 10. The molecule has 0 bridgehead atoms. The van der Waals surface area contributed by atoms with Gasteiger partial charge in [-0.25, -0.2) is 9.79 Å². The summed E-state index contributed by atoms with van der Waals surface area (Å²) in [5, 5.41) is 0. The molecule has 3 aliphatic rings. The number of thiazole rings is 1. The van der Waals surface area contributed by atoms with E-state index in [4.69, 9.17) is 23.4 Å². The van der Waals surface area contributed by atoms with Crippen LogP contribution in [0, 0.1) is 0 Å². The molecule has 0 radical (unpaired) electrons. The quantitative estimate of drug-likeness (QED) is 0.411. The van der Waals surface area contributed by atoms with Gasteiger partial charge < -0.3 is 28.3 Å². The Balaban J connectivity index is 1.47. The second-order valence-corrected chi connectivity index (χ2v) is 10.7. The van der Waals surface area contributed by atoms with Crippen molar-refractivity contribution >= 4 is 45.2 Å². The van der Waals surface area contributed by atoms with Gasteiger partial charge in [-0.2, -0.15) is 0 Å². The zero-order valence-electron chi connectivity index (χ0n) is 20.7. The topological polar surface area (TPSA) is 105 Å². The number of aromatic nitrogens is 1. The van der Waals surface area contributed by atoms with Gasteiger partial charge in [0, 0.05) is 25.2 Å². The predicted octanol–water partition coefficient (Wildman–Crippen LogP) is 2.72. The molecule has 6 rings (SSSR count). The number of anilines is 1. The van der Waals surface area contributed by atoms with Crippen molar-refractivity contribution in [3.05, 3.63) is 71.0 Å². The fraction of sp³-hybridized carbons (Fsp3) is 0.346. The van der Waals surface area contributed by atoms with E-state index in [1.54, 1.807) is 32.1 Å². The second kappa shape index (κ2) is 10.1. The van der Waals surface area contributed by atoms with Crippen LogP contribution in [0.5, 0.6) is 11.5 Å². The Morgan fingerprint density at radius 1 is 1.24 bits per heavy atom. The first kappa shape index (κ1) is 25.0. The highest BCUT2D eigenvalue weighted by molar-refractivity contribution is 9.10. The molecule has 5 heterocycles. The number of carbonyl (C=O) groups is 1. The normalized spacial score (nSPS) is 19.0. The van der Waals surface area contributed by atoms with Gasteiger partial charge in [0.25, 0.3) is 5.56 Å². The highest BCUT2D eigenvalue weighted by Crippen LogP contribution is 2.38. The predicted molar refractivity (Wildman–Crippen MR) is 142 cm³/mol. The molecular formula is C26H24BrN3O7S. The Kier molecular flexibility index (Phi) is 6.62. The molecule has 3 aliphatic heterocycles. The Labute approximate surface area is 229 Å². The zero-order valence-corrected chi connectivity index (χ0v) is 23.1. The van der Waals surface area contributed by atoms with Crippen LogP contribution in [0.3, 0.4) is 0 Å². The van der Waals surface area contributed by atoms with Crippen LogP contribution in [0.1, 0.15) is 31.2 Å². The van der Waals surface area contributed by atoms with Gasteiger partial charge in [-0.05, 0) is 47.5 Å². The molecule has 3 aromatic rings. The number of allylic oxidation sites excluding steroid dienone is 1. The molecule has 2 aromatic heterocycles. The van der Waals surface area contributed by atoms with Gasteiger partial charge in [0.1, 0.15) is 5.76 Å². The lowest BCUT2D eigenvalue weighted by atomic mass is 9.95. The molecule has 0 N–H and O–H groups in total. The number of fused-ring (bicyclic) bond motifs is 2. The summed E-state index contributed by atoms with van der Waals surface area (Å²) < 4.78 is 30.7. The third kappa shape index (κ3) is 4.36. The van der Waals surface area contributed by atoms with Gasteiger partial charge in [-0.15, -0.1) is 0 Å². The maximum Gasteiger partial charge on any atom is 0.338 e. The van der Waals surface area contributed by atoms with Gasteiger partial charge >= 0.3 is 5.97 Å². The first-order valence-electron chi connectivity index (χ1n) is 12.2. The molecule has 1 fully saturated rings. The summed E-state index contributed by atoms with van der Waals surface area (Å²) in [6, 6.07) is 6.49. The van der Waals surface area contributed by atoms with Crippen LogP contribution >= 0.6 is 27.3 Å². The monoisotopic (exact) mass is 601 g/mol. The van der Waals surface area contributed by atoms with Crippen LogP contribution in [-0.4, -0.2) is 50.2 Å². The molecule has 1 atom stereocenters. The average molecular weight is 602 g/mol. The molecule has 0 spiro atoms. The highest BCUT2D eigenvalue weighted by atomic mass is 79.9. The second-order valence-electron chi connectivity index (χ2n) is 8.82. The van der Waals surface area contributed by atoms with E-state index in [-0.39, 0.29) is 19.0 Å². The minimum Gasteiger partial charge on any atom is -0.463 e. The van der Waals surface area contributed by atoms with E-state index in [0.29, 0.717) is 62.5 Å². The molecule has 12 heteroatoms. The van der Waals surface area contributed by atoms with Crippen molar-refractivity contribution in [1.82, 2.24) is 4.57 Å². The highest BCUT2D eigenvalue weighted by Gasteiger charge is 2.34. The summed E-state index contributed by atoms with van der Waals surface area (Å²) in [6.45, 7) is 6.51. The van der Waals surface area contributed by atoms with E-state index in [0.717, 1.165) is 17.6 Å². The lowest BCUT2D eigenvalue weighted by molar-refractivity contribution is -0.139. The van der Waals surface area contributed by atoms with Crippen molar-refractivity contribution in [1.29, 1.82) is 0 Å². The fourth-order valence-electron chi connectivity index (χ4n) is 4.75. The minimum absolute atomic E-state index is 0.117. The number of nitrogens with zero attached hydrogens (tertiary/aromatic N) is 3.